The highest BCUT2D eigenvalue weighted by Crippen LogP contribution is 2.58. The second-order valence-electron chi connectivity index (χ2n) is 7.31. The van der Waals surface area contributed by atoms with Crippen molar-refractivity contribution in [1.29, 1.82) is 5.26 Å². The highest BCUT2D eigenvalue weighted by Gasteiger charge is 2.48. The van der Waals surface area contributed by atoms with Crippen LogP contribution in [0.25, 0.3) is 0 Å². The molecular weight excluding hydrogens is 206 g/mol. The van der Waals surface area contributed by atoms with E-state index in [-0.39, 0.29) is 0 Å². The highest BCUT2D eigenvalue weighted by atomic mass is 14.5. The van der Waals surface area contributed by atoms with Gasteiger partial charge in [-0.15, -0.1) is 0 Å². The largest absolute Gasteiger partial charge is 0.198 e. The summed E-state index contributed by atoms with van der Waals surface area (Å²) in [5.41, 5.74) is 0. The monoisotopic (exact) mass is 231 g/mol. The minimum atomic E-state index is 0.303. The summed E-state index contributed by atoms with van der Waals surface area (Å²) in [4.78, 5) is 0. The van der Waals surface area contributed by atoms with E-state index in [2.05, 4.69) is 19.9 Å². The summed E-state index contributed by atoms with van der Waals surface area (Å²) in [6, 6.07) is 2.56. The zero-order chi connectivity index (χ0) is 12.0. The molecule has 4 fully saturated rings. The van der Waals surface area contributed by atoms with Gasteiger partial charge in [0.05, 0.1) is 6.07 Å². The van der Waals surface area contributed by atoms with Crippen LogP contribution in [0, 0.1) is 52.8 Å². The quantitative estimate of drug-likeness (QED) is 0.712. The number of nitriles is 1. The lowest BCUT2D eigenvalue weighted by atomic mass is 9.50. The predicted molar refractivity (Wildman–Crippen MR) is 69.1 cm³/mol. The molecular formula is C16H25N. The molecule has 0 saturated heterocycles. The van der Waals surface area contributed by atoms with E-state index in [1.807, 2.05) is 0 Å². The van der Waals surface area contributed by atoms with Crippen molar-refractivity contribution >= 4 is 0 Å². The third-order valence-corrected chi connectivity index (χ3v) is 5.92. The summed E-state index contributed by atoms with van der Waals surface area (Å²) >= 11 is 0. The molecule has 1 nitrogen and oxygen atoms in total. The van der Waals surface area contributed by atoms with Crippen molar-refractivity contribution in [3.8, 4) is 6.07 Å². The Labute approximate surface area is 106 Å². The smallest absolute Gasteiger partial charge is 0.0658 e. The van der Waals surface area contributed by atoms with Gasteiger partial charge < -0.3 is 0 Å². The maximum Gasteiger partial charge on any atom is 0.0658 e. The number of nitrogens with zero attached hydrogens (tertiary/aromatic N) is 1. The van der Waals surface area contributed by atoms with Crippen molar-refractivity contribution in [2.45, 2.75) is 52.4 Å². The molecule has 0 N–H and O–H groups in total. The molecule has 0 heterocycles. The van der Waals surface area contributed by atoms with Crippen molar-refractivity contribution in [2.75, 3.05) is 0 Å². The number of hydrogen-bond donors (Lipinski definition) is 0. The predicted octanol–water partition coefficient (Wildman–Crippen LogP) is 4.24. The fourth-order valence-corrected chi connectivity index (χ4v) is 5.19. The van der Waals surface area contributed by atoms with Crippen LogP contribution < -0.4 is 0 Å². The Balaban J connectivity index is 1.70. The molecule has 0 radical (unpaired) electrons. The van der Waals surface area contributed by atoms with Gasteiger partial charge in [0.15, 0.2) is 0 Å². The third kappa shape index (κ3) is 2.01. The van der Waals surface area contributed by atoms with Crippen LogP contribution in [0.5, 0.6) is 0 Å². The Morgan fingerprint density at radius 1 is 1.00 bits per heavy atom. The molecule has 17 heavy (non-hydrogen) atoms. The Kier molecular flexibility index (Phi) is 2.93. The molecule has 0 aromatic rings. The topological polar surface area (TPSA) is 23.8 Å². The normalized spacial score (nSPS) is 44.9. The molecule has 1 atom stereocenters. The van der Waals surface area contributed by atoms with Crippen molar-refractivity contribution in [3.05, 3.63) is 0 Å². The van der Waals surface area contributed by atoms with E-state index in [4.69, 9.17) is 0 Å². The van der Waals surface area contributed by atoms with E-state index in [0.29, 0.717) is 11.8 Å². The lowest BCUT2D eigenvalue weighted by Crippen LogP contribution is -2.45. The van der Waals surface area contributed by atoms with E-state index < -0.39 is 0 Å². The first-order valence-corrected chi connectivity index (χ1v) is 7.57. The molecule has 0 aliphatic heterocycles. The van der Waals surface area contributed by atoms with Crippen LogP contribution in [0.4, 0.5) is 0 Å². The van der Waals surface area contributed by atoms with E-state index in [9.17, 15) is 5.26 Å². The maximum atomic E-state index is 9.30. The van der Waals surface area contributed by atoms with E-state index in [1.54, 1.807) is 0 Å². The molecule has 0 amide bonds. The summed E-state index contributed by atoms with van der Waals surface area (Å²) < 4.78 is 0. The van der Waals surface area contributed by atoms with Crippen LogP contribution in [0.2, 0.25) is 0 Å². The average molecular weight is 231 g/mol. The Morgan fingerprint density at radius 3 is 1.94 bits per heavy atom. The van der Waals surface area contributed by atoms with Gasteiger partial charge in [-0.2, -0.15) is 5.26 Å². The molecule has 0 spiro atoms. The minimum absolute atomic E-state index is 0.303. The van der Waals surface area contributed by atoms with Crippen molar-refractivity contribution < 1.29 is 0 Å². The van der Waals surface area contributed by atoms with Gasteiger partial charge in [-0.05, 0) is 74.0 Å². The molecule has 0 aromatic carbocycles. The van der Waals surface area contributed by atoms with Gasteiger partial charge in [0.1, 0.15) is 0 Å². The van der Waals surface area contributed by atoms with E-state index >= 15 is 0 Å². The van der Waals surface area contributed by atoms with E-state index in [1.165, 1.54) is 38.5 Å². The van der Waals surface area contributed by atoms with Gasteiger partial charge >= 0.3 is 0 Å². The summed E-state index contributed by atoms with van der Waals surface area (Å²) in [6.07, 6.45) is 8.71. The Morgan fingerprint density at radius 2 is 1.53 bits per heavy atom. The van der Waals surface area contributed by atoms with Crippen LogP contribution in [0.3, 0.4) is 0 Å². The second kappa shape index (κ2) is 4.30. The van der Waals surface area contributed by atoms with Crippen molar-refractivity contribution in [3.63, 3.8) is 0 Å². The SMILES string of the molecule is CC(C)C(C#N)CC1C2CC3CC(C2)CC1C3. The molecule has 1 unspecified atom stereocenters. The number of rotatable bonds is 3. The molecule has 0 aromatic heterocycles. The lowest BCUT2D eigenvalue weighted by molar-refractivity contribution is -0.0450. The summed E-state index contributed by atoms with van der Waals surface area (Å²) in [5.74, 6) is 5.84. The Bertz CT molecular complexity index is 297. The average Bonchev–Trinajstić information content (AvgIpc) is 2.27. The third-order valence-electron chi connectivity index (χ3n) is 5.92. The van der Waals surface area contributed by atoms with Gasteiger partial charge in [-0.25, -0.2) is 0 Å². The lowest BCUT2D eigenvalue weighted by Gasteiger charge is -2.55. The van der Waals surface area contributed by atoms with Crippen LogP contribution in [-0.4, -0.2) is 0 Å². The van der Waals surface area contributed by atoms with Gasteiger partial charge in [-0.1, -0.05) is 13.8 Å². The van der Waals surface area contributed by atoms with E-state index in [0.717, 1.165) is 29.6 Å². The first kappa shape index (κ1) is 11.6. The fraction of sp³-hybridized carbons (Fsp3) is 0.938. The standard InChI is InChI=1S/C16H25N/c1-10(2)15(9-17)8-16-13-4-11-3-12(6-13)7-14(16)5-11/h10-16H,3-8H2,1-2H3. The summed E-state index contributed by atoms with van der Waals surface area (Å²) in [5, 5.41) is 9.30. The first-order chi connectivity index (χ1) is 8.17. The molecule has 4 aliphatic rings. The van der Waals surface area contributed by atoms with Crippen LogP contribution in [-0.2, 0) is 0 Å². The molecule has 4 saturated carbocycles. The zero-order valence-corrected chi connectivity index (χ0v) is 11.2. The molecule has 4 aliphatic carbocycles. The maximum absolute atomic E-state index is 9.30. The molecule has 4 rings (SSSR count). The molecule has 1 heteroatoms. The van der Waals surface area contributed by atoms with Gasteiger partial charge in [-0.3, -0.25) is 0 Å². The van der Waals surface area contributed by atoms with Gasteiger partial charge in [0.25, 0.3) is 0 Å². The molecule has 4 bridgehead atoms. The second-order valence-corrected chi connectivity index (χ2v) is 7.31. The fourth-order valence-electron chi connectivity index (χ4n) is 5.19. The van der Waals surface area contributed by atoms with Crippen LogP contribution in [0.1, 0.15) is 52.4 Å². The van der Waals surface area contributed by atoms with Crippen molar-refractivity contribution in [2.24, 2.45) is 41.4 Å². The zero-order valence-electron chi connectivity index (χ0n) is 11.2. The summed E-state index contributed by atoms with van der Waals surface area (Å²) in [6.45, 7) is 4.42. The molecule has 94 valence electrons. The minimum Gasteiger partial charge on any atom is -0.198 e. The van der Waals surface area contributed by atoms with Crippen molar-refractivity contribution in [1.82, 2.24) is 0 Å². The highest BCUT2D eigenvalue weighted by molar-refractivity contribution is 5.00. The van der Waals surface area contributed by atoms with Gasteiger partial charge in [0, 0.05) is 5.92 Å². The van der Waals surface area contributed by atoms with Crippen LogP contribution >= 0.6 is 0 Å². The van der Waals surface area contributed by atoms with Crippen LogP contribution in [0.15, 0.2) is 0 Å². The Hall–Kier alpha value is -0.510. The number of hydrogen-bond acceptors (Lipinski definition) is 1. The first-order valence-electron chi connectivity index (χ1n) is 7.57. The van der Waals surface area contributed by atoms with Gasteiger partial charge in [0.2, 0.25) is 0 Å². The summed E-state index contributed by atoms with van der Waals surface area (Å²) in [7, 11) is 0.